The summed E-state index contributed by atoms with van der Waals surface area (Å²) >= 11 is 1.66. The van der Waals surface area contributed by atoms with Gasteiger partial charge in [0.25, 0.3) is 11.8 Å². The van der Waals surface area contributed by atoms with Crippen LogP contribution in [-0.2, 0) is 6.42 Å². The van der Waals surface area contributed by atoms with Gasteiger partial charge in [0.1, 0.15) is 5.76 Å². The number of carbonyl (C=O) groups excluding carboxylic acids is 2. The lowest BCUT2D eigenvalue weighted by Gasteiger charge is -2.19. The maximum absolute atomic E-state index is 12.7. The van der Waals surface area contributed by atoms with Gasteiger partial charge in [-0.15, -0.1) is 0 Å². The first-order valence-corrected chi connectivity index (χ1v) is 10.1. The third kappa shape index (κ3) is 4.98. The van der Waals surface area contributed by atoms with E-state index in [2.05, 4.69) is 10.5 Å². The average Bonchev–Trinajstić information content (AvgIpc) is 3.20. The summed E-state index contributed by atoms with van der Waals surface area (Å²) < 4.78 is 15.8. The number of methoxy groups -OCH3 is 2. The summed E-state index contributed by atoms with van der Waals surface area (Å²) in [6.45, 7) is 2.51. The molecule has 0 unspecified atom stereocenters. The van der Waals surface area contributed by atoms with Gasteiger partial charge < -0.3 is 24.2 Å². The van der Waals surface area contributed by atoms with E-state index in [0.717, 1.165) is 5.75 Å². The molecule has 0 saturated heterocycles. The predicted molar refractivity (Wildman–Crippen MR) is 109 cm³/mol. The molecule has 0 aliphatic carbocycles. The van der Waals surface area contributed by atoms with Gasteiger partial charge in [-0.3, -0.25) is 9.59 Å². The molecule has 0 atom stereocenters. The summed E-state index contributed by atoms with van der Waals surface area (Å²) in [5.74, 6) is 1.44. The molecule has 2 amide bonds. The van der Waals surface area contributed by atoms with Gasteiger partial charge >= 0.3 is 0 Å². The summed E-state index contributed by atoms with van der Waals surface area (Å²) in [6.07, 6.45) is 2.61. The van der Waals surface area contributed by atoms with E-state index in [9.17, 15) is 9.59 Å². The lowest BCUT2D eigenvalue weighted by atomic mass is 10.1. The lowest BCUT2D eigenvalue weighted by molar-refractivity contribution is 0.0803. The van der Waals surface area contributed by atoms with Crippen molar-refractivity contribution in [3.63, 3.8) is 0 Å². The Labute approximate surface area is 168 Å². The molecule has 0 spiro atoms. The van der Waals surface area contributed by atoms with Gasteiger partial charge in [0.2, 0.25) is 0 Å². The van der Waals surface area contributed by atoms with Crippen molar-refractivity contribution in [3.8, 4) is 11.5 Å². The molecule has 1 aromatic heterocycles. The van der Waals surface area contributed by atoms with Crippen molar-refractivity contribution in [2.75, 3.05) is 45.1 Å². The zero-order chi connectivity index (χ0) is 20.7. The number of hydrogen-bond donors (Lipinski definition) is 1. The zero-order valence-corrected chi connectivity index (χ0v) is 17.5. The van der Waals surface area contributed by atoms with Crippen molar-refractivity contribution in [1.29, 1.82) is 0 Å². The van der Waals surface area contributed by atoms with E-state index in [4.69, 9.17) is 14.0 Å². The van der Waals surface area contributed by atoms with E-state index in [-0.39, 0.29) is 11.6 Å². The van der Waals surface area contributed by atoms with Gasteiger partial charge in [0.05, 0.1) is 19.9 Å². The highest BCUT2D eigenvalue weighted by molar-refractivity contribution is 7.98. The Morgan fingerprint density at radius 1 is 1.25 bits per heavy atom. The molecule has 1 aromatic carbocycles. The molecular weight excluding hydrogens is 382 g/mol. The SMILES string of the molecule is CCc1cc(C(=O)Nc2cc(C(=O)N(C)CCSC)cc(OC)c2OC)no1. The van der Waals surface area contributed by atoms with Crippen LogP contribution in [0.1, 0.15) is 33.5 Å². The highest BCUT2D eigenvalue weighted by atomic mass is 32.2. The van der Waals surface area contributed by atoms with E-state index < -0.39 is 5.91 Å². The number of rotatable bonds is 9. The first kappa shape index (κ1) is 21.6. The van der Waals surface area contributed by atoms with Crippen molar-refractivity contribution in [2.24, 2.45) is 0 Å². The number of amides is 2. The number of aromatic nitrogens is 1. The van der Waals surface area contributed by atoms with Gasteiger partial charge in [-0.2, -0.15) is 11.8 Å². The molecule has 28 heavy (non-hydrogen) atoms. The van der Waals surface area contributed by atoms with Crippen LogP contribution >= 0.6 is 11.8 Å². The van der Waals surface area contributed by atoms with E-state index in [1.165, 1.54) is 14.2 Å². The number of nitrogens with zero attached hydrogens (tertiary/aromatic N) is 2. The summed E-state index contributed by atoms with van der Waals surface area (Å²) in [5, 5.41) is 6.49. The molecule has 1 N–H and O–H groups in total. The monoisotopic (exact) mass is 407 g/mol. The number of nitrogens with one attached hydrogen (secondary N) is 1. The van der Waals surface area contributed by atoms with E-state index in [0.29, 0.717) is 41.5 Å². The highest BCUT2D eigenvalue weighted by Crippen LogP contribution is 2.37. The Balaban J connectivity index is 2.35. The summed E-state index contributed by atoms with van der Waals surface area (Å²) in [5.41, 5.74) is 0.840. The van der Waals surface area contributed by atoms with Gasteiger partial charge in [0.15, 0.2) is 17.2 Å². The van der Waals surface area contributed by atoms with Crippen molar-refractivity contribution in [1.82, 2.24) is 10.1 Å². The van der Waals surface area contributed by atoms with Crippen LogP contribution < -0.4 is 14.8 Å². The van der Waals surface area contributed by atoms with Crippen molar-refractivity contribution < 1.29 is 23.6 Å². The number of aryl methyl sites for hydroxylation is 1. The highest BCUT2D eigenvalue weighted by Gasteiger charge is 2.21. The number of hydrogen-bond acceptors (Lipinski definition) is 7. The molecule has 0 saturated carbocycles. The van der Waals surface area contributed by atoms with Crippen molar-refractivity contribution in [3.05, 3.63) is 35.2 Å². The van der Waals surface area contributed by atoms with Crippen LogP contribution in [0.15, 0.2) is 22.7 Å². The molecule has 2 aromatic rings. The number of benzene rings is 1. The molecule has 0 fully saturated rings. The first-order valence-electron chi connectivity index (χ1n) is 8.72. The van der Waals surface area contributed by atoms with Crippen molar-refractivity contribution in [2.45, 2.75) is 13.3 Å². The number of ether oxygens (including phenoxy) is 2. The van der Waals surface area contributed by atoms with E-state index in [1.807, 2.05) is 13.2 Å². The molecule has 2 rings (SSSR count). The Morgan fingerprint density at radius 2 is 2.00 bits per heavy atom. The predicted octanol–water partition coefficient (Wildman–Crippen LogP) is 2.94. The van der Waals surface area contributed by atoms with Crippen LogP contribution in [0.3, 0.4) is 0 Å². The summed E-state index contributed by atoms with van der Waals surface area (Å²) in [6, 6.07) is 4.74. The molecule has 1 heterocycles. The minimum Gasteiger partial charge on any atom is -0.493 e. The van der Waals surface area contributed by atoms with Crippen LogP contribution in [0.4, 0.5) is 5.69 Å². The minimum absolute atomic E-state index is 0.145. The standard InChI is InChI=1S/C19H25N3O5S/c1-6-13-11-15(21-27-13)18(23)20-14-9-12(10-16(25-3)17(14)26-4)19(24)22(2)7-8-28-5/h9-11H,6-8H2,1-5H3,(H,20,23). The van der Waals surface area contributed by atoms with Gasteiger partial charge in [-0.1, -0.05) is 12.1 Å². The van der Waals surface area contributed by atoms with Gasteiger partial charge in [-0.25, -0.2) is 0 Å². The smallest absolute Gasteiger partial charge is 0.277 e. The maximum atomic E-state index is 12.7. The van der Waals surface area contributed by atoms with Crippen LogP contribution in [0, 0.1) is 0 Å². The Kier molecular flexibility index (Phi) is 7.74. The Morgan fingerprint density at radius 3 is 2.57 bits per heavy atom. The minimum atomic E-state index is -0.468. The zero-order valence-electron chi connectivity index (χ0n) is 16.7. The van der Waals surface area contributed by atoms with Crippen LogP contribution in [-0.4, -0.2) is 61.7 Å². The molecular formula is C19H25N3O5S. The molecule has 0 aliphatic rings. The normalized spacial score (nSPS) is 10.5. The average molecular weight is 407 g/mol. The molecule has 0 aliphatic heterocycles. The lowest BCUT2D eigenvalue weighted by Crippen LogP contribution is -2.29. The number of thioether (sulfide) groups is 1. The summed E-state index contributed by atoms with van der Waals surface area (Å²) in [4.78, 5) is 26.9. The Bertz CT molecular complexity index is 837. The Hall–Kier alpha value is -2.68. The van der Waals surface area contributed by atoms with Crippen LogP contribution in [0.2, 0.25) is 0 Å². The molecule has 0 radical (unpaired) electrons. The van der Waals surface area contributed by atoms with Gasteiger partial charge in [0, 0.05) is 37.4 Å². The first-order chi connectivity index (χ1) is 13.4. The summed E-state index contributed by atoms with van der Waals surface area (Å²) in [7, 11) is 4.67. The number of anilines is 1. The number of carbonyl (C=O) groups is 2. The second kappa shape index (κ2) is 10.0. The molecule has 9 heteroatoms. The molecule has 152 valence electrons. The maximum Gasteiger partial charge on any atom is 0.277 e. The fraction of sp³-hybridized carbons (Fsp3) is 0.421. The second-order valence-electron chi connectivity index (χ2n) is 5.96. The largest absolute Gasteiger partial charge is 0.493 e. The molecule has 0 bridgehead atoms. The van der Waals surface area contributed by atoms with Gasteiger partial charge in [-0.05, 0) is 18.4 Å². The van der Waals surface area contributed by atoms with E-state index in [1.54, 1.807) is 41.9 Å². The third-order valence-corrected chi connectivity index (χ3v) is 4.68. The van der Waals surface area contributed by atoms with Crippen molar-refractivity contribution >= 4 is 29.3 Å². The second-order valence-corrected chi connectivity index (χ2v) is 6.95. The quantitative estimate of drug-likeness (QED) is 0.683. The fourth-order valence-electron chi connectivity index (χ4n) is 2.50. The molecule has 8 nitrogen and oxygen atoms in total. The van der Waals surface area contributed by atoms with E-state index >= 15 is 0 Å². The fourth-order valence-corrected chi connectivity index (χ4v) is 2.96. The van der Waals surface area contributed by atoms with Crippen LogP contribution in [0.5, 0.6) is 11.5 Å². The third-order valence-electron chi connectivity index (χ3n) is 4.09. The van der Waals surface area contributed by atoms with Crippen LogP contribution in [0.25, 0.3) is 0 Å². The topological polar surface area (TPSA) is 93.9 Å².